The maximum atomic E-state index is 13.1. The van der Waals surface area contributed by atoms with Crippen LogP contribution in [0.2, 0.25) is 0 Å². The van der Waals surface area contributed by atoms with Gasteiger partial charge in [-0.3, -0.25) is 19.2 Å². The Bertz CT molecular complexity index is 2430. The first-order valence-electron chi connectivity index (χ1n) is 18.9. The first kappa shape index (κ1) is 49.0. The predicted molar refractivity (Wildman–Crippen MR) is 207 cm³/mol. The molecule has 23 heteroatoms. The Kier molecular flexibility index (Phi) is 14.5. The Labute approximate surface area is 393 Å². The fraction of sp³-hybridized carbons (Fsp3) is 0.286. The predicted octanol–water partition coefficient (Wildman–Crippen LogP) is -3.56. The number of carboxylic acid groups (broad SMARTS) is 2. The van der Waals surface area contributed by atoms with E-state index in [2.05, 4.69) is 0 Å². The normalized spacial score (nSPS) is 26.5. The van der Waals surface area contributed by atoms with Crippen LogP contribution in [0.5, 0.6) is 23.0 Å². The summed E-state index contributed by atoms with van der Waals surface area (Å²) < 4.78 is 21.6. The van der Waals surface area contributed by atoms with E-state index in [0.29, 0.717) is 0 Å². The number of ether oxygens (including phenoxy) is 4. The van der Waals surface area contributed by atoms with Gasteiger partial charge in [0.2, 0.25) is 12.6 Å². The van der Waals surface area contributed by atoms with Gasteiger partial charge in [0.1, 0.15) is 60.3 Å². The first-order valence-corrected chi connectivity index (χ1v) is 18.9. The van der Waals surface area contributed by atoms with E-state index < -0.39 is 143 Å². The van der Waals surface area contributed by atoms with Crippen molar-refractivity contribution >= 4 is 72.8 Å². The summed E-state index contributed by atoms with van der Waals surface area (Å²) in [5.74, 6) is -8.60. The molecule has 2 aliphatic heterocycles. The molecule has 10 N–H and O–H groups in total. The van der Waals surface area contributed by atoms with Crippen LogP contribution in [0, 0.1) is 0 Å². The third-order valence-corrected chi connectivity index (χ3v) is 10.8. The van der Waals surface area contributed by atoms with Crippen molar-refractivity contribution < 1.29 is 109 Å². The molecule has 0 spiro atoms. The third kappa shape index (κ3) is 8.72. The monoisotopic (exact) mass is 930 g/mol. The number of benzene rings is 4. The van der Waals surface area contributed by atoms with Crippen LogP contribution >= 0.6 is 0 Å². The summed E-state index contributed by atoms with van der Waals surface area (Å²) >= 11 is 0. The van der Waals surface area contributed by atoms with Gasteiger partial charge < -0.3 is 80.2 Å². The number of hydrogen-bond donors (Lipinski definition) is 10. The van der Waals surface area contributed by atoms with Gasteiger partial charge in [-0.05, 0) is 24.3 Å². The molecule has 0 radical (unpaired) electrons. The van der Waals surface area contributed by atoms with Gasteiger partial charge >= 0.3 is 49.7 Å². The van der Waals surface area contributed by atoms with Gasteiger partial charge in [0.25, 0.3) is 0 Å². The van der Waals surface area contributed by atoms with Gasteiger partial charge in [0, 0.05) is 33.4 Å². The van der Waals surface area contributed by atoms with Crippen molar-refractivity contribution in [3.63, 3.8) is 0 Å². The molecule has 22 nitrogen and oxygen atoms in total. The van der Waals surface area contributed by atoms with Crippen molar-refractivity contribution in [3.8, 4) is 23.0 Å². The average Bonchev–Trinajstić information content (AvgIpc) is 3.27. The van der Waals surface area contributed by atoms with Crippen LogP contribution in [-0.4, -0.2) is 199 Å². The second kappa shape index (κ2) is 19.2. The van der Waals surface area contributed by atoms with Crippen molar-refractivity contribution in [3.05, 3.63) is 116 Å². The maximum absolute atomic E-state index is 13.1. The average molecular weight is 931 g/mol. The van der Waals surface area contributed by atoms with Crippen LogP contribution in [0.1, 0.15) is 84.4 Å². The molecular formula is C42H34CaO22. The molecular weight excluding hydrogens is 897 g/mol. The number of hydrogen-bond acceptors (Lipinski definition) is 20. The van der Waals surface area contributed by atoms with Gasteiger partial charge in [-0.25, -0.2) is 9.59 Å². The van der Waals surface area contributed by atoms with Crippen molar-refractivity contribution in [2.24, 2.45) is 0 Å². The number of aliphatic hydroxyl groups is 8. The van der Waals surface area contributed by atoms with E-state index in [-0.39, 0.29) is 82.6 Å². The van der Waals surface area contributed by atoms with Crippen molar-refractivity contribution in [2.75, 3.05) is 13.2 Å². The zero-order chi connectivity index (χ0) is 46.6. The second-order valence-corrected chi connectivity index (χ2v) is 14.7. The quantitative estimate of drug-likeness (QED) is 0.0660. The standard InChI is InChI=1S/2C21H18O11.Ca/c2*22-6-12-16(25)18(27)19(28)21(32-12)31-11-3-1-2-8-14(11)17(26)13-9(15(8)24)4-7(20(29)30)5-10(13)23;/h2*1-5,12,16,18-19,21-23,25,27-28H,6H2,(H,29,30);/q;;+2/p-2/t2*12-,16-,18+,19-,21-;/m11./s1. The largest absolute Gasteiger partial charge is 2.00 e. The minimum absolute atomic E-state index is 0. The van der Waals surface area contributed by atoms with Crippen LogP contribution < -0.4 is 19.7 Å². The number of carbonyl (C=O) groups is 6. The molecule has 0 amide bonds. The first-order chi connectivity index (χ1) is 30.3. The van der Waals surface area contributed by atoms with Crippen LogP contribution in [-0.2, 0) is 9.47 Å². The van der Waals surface area contributed by atoms with Crippen molar-refractivity contribution in [1.29, 1.82) is 0 Å². The fourth-order valence-corrected chi connectivity index (χ4v) is 7.53. The van der Waals surface area contributed by atoms with Crippen molar-refractivity contribution in [2.45, 2.75) is 61.4 Å². The summed E-state index contributed by atoms with van der Waals surface area (Å²) in [4.78, 5) is 74.6. The molecule has 2 saturated heterocycles. The number of fused-ring (bicyclic) bond motifs is 4. The van der Waals surface area contributed by atoms with Gasteiger partial charge in [-0.1, -0.05) is 47.9 Å². The van der Waals surface area contributed by atoms with Crippen molar-refractivity contribution in [1.82, 2.24) is 0 Å². The molecule has 0 unspecified atom stereocenters. The van der Waals surface area contributed by atoms with E-state index in [1.165, 1.54) is 36.4 Å². The van der Waals surface area contributed by atoms with Crippen LogP contribution in [0.25, 0.3) is 0 Å². The molecule has 4 aliphatic rings. The molecule has 4 aromatic rings. The van der Waals surface area contributed by atoms with Gasteiger partial charge in [-0.15, -0.1) is 0 Å². The Morgan fingerprint density at radius 2 is 0.862 bits per heavy atom. The Balaban J connectivity index is 0.000000212. The summed E-state index contributed by atoms with van der Waals surface area (Å²) in [7, 11) is 0. The molecule has 2 heterocycles. The van der Waals surface area contributed by atoms with Crippen LogP contribution in [0.15, 0.2) is 60.7 Å². The molecule has 2 aliphatic carbocycles. The zero-order valence-electron chi connectivity index (χ0n) is 33.0. The number of carboxylic acids is 2. The van der Waals surface area contributed by atoms with E-state index >= 15 is 0 Å². The Morgan fingerprint density at radius 3 is 1.18 bits per heavy atom. The van der Waals surface area contributed by atoms with E-state index in [9.17, 15) is 79.8 Å². The number of ketones is 4. The van der Waals surface area contributed by atoms with Crippen LogP contribution in [0.3, 0.4) is 0 Å². The fourth-order valence-electron chi connectivity index (χ4n) is 7.53. The summed E-state index contributed by atoms with van der Waals surface area (Å²) in [5, 5.41) is 122. The minimum atomic E-state index is -1.77. The maximum Gasteiger partial charge on any atom is 2.00 e. The number of aromatic carboxylic acids is 2. The molecule has 4 aromatic carbocycles. The number of rotatable bonds is 8. The summed E-state index contributed by atoms with van der Waals surface area (Å²) in [6.07, 6.45) is -16.0. The summed E-state index contributed by atoms with van der Waals surface area (Å²) in [6, 6.07) is 11.2. The minimum Gasteiger partial charge on any atom is -0.872 e. The van der Waals surface area contributed by atoms with Crippen LogP contribution in [0.4, 0.5) is 0 Å². The molecule has 10 atom stereocenters. The molecule has 0 aromatic heterocycles. The molecule has 336 valence electrons. The molecule has 0 bridgehead atoms. The van der Waals surface area contributed by atoms with Gasteiger partial charge in [0.15, 0.2) is 23.1 Å². The summed E-state index contributed by atoms with van der Waals surface area (Å²) in [5.41, 5.74) is -3.54. The van der Waals surface area contributed by atoms with E-state index in [4.69, 9.17) is 29.2 Å². The topological polar surface area (TPSA) is 388 Å². The number of carbonyl (C=O) groups excluding carboxylic acids is 4. The van der Waals surface area contributed by atoms with Gasteiger partial charge in [0.05, 0.1) is 35.5 Å². The Morgan fingerprint density at radius 1 is 0.508 bits per heavy atom. The second-order valence-electron chi connectivity index (χ2n) is 14.7. The third-order valence-electron chi connectivity index (χ3n) is 10.8. The molecule has 2 fully saturated rings. The SMILES string of the molecule is O=C(O)c1cc([O-])c2c(c1)C(=O)c1cccc(O[C@@H]3O[C@H](CO)[C@@H](O)[C@H](O)[C@H]3O)c1C2=O.O=C(O)c1cc([O-])c2c(c1)C(=O)c1cccc(O[C@@H]3O[C@H](CO)[C@@H](O)[C@H](O)[C@H]3O)c1C2=O.[Ca+2]. The smallest absolute Gasteiger partial charge is 0.872 e. The molecule has 8 rings (SSSR count). The van der Waals surface area contributed by atoms with Gasteiger partial charge in [-0.2, -0.15) is 0 Å². The van der Waals surface area contributed by atoms with E-state index in [0.717, 1.165) is 24.3 Å². The zero-order valence-corrected chi connectivity index (χ0v) is 35.2. The molecule has 65 heavy (non-hydrogen) atoms. The number of aliphatic hydroxyl groups excluding tert-OH is 8. The van der Waals surface area contributed by atoms with E-state index in [1.54, 1.807) is 0 Å². The summed E-state index contributed by atoms with van der Waals surface area (Å²) in [6.45, 7) is -1.40. The molecule has 0 saturated carbocycles. The van der Waals surface area contributed by atoms with E-state index in [1.807, 2.05) is 0 Å². The Hall–Kier alpha value is -5.44.